The maximum atomic E-state index is 13.3. The van der Waals surface area contributed by atoms with Gasteiger partial charge in [0.05, 0.1) is 23.9 Å². The van der Waals surface area contributed by atoms with Crippen molar-refractivity contribution in [3.05, 3.63) is 59.7 Å². The largest absolute Gasteiger partial charge is 0.369 e. The van der Waals surface area contributed by atoms with Crippen LogP contribution in [0.3, 0.4) is 0 Å². The van der Waals surface area contributed by atoms with Gasteiger partial charge in [0.15, 0.2) is 0 Å². The lowest BCUT2D eigenvalue weighted by Gasteiger charge is -2.19. The van der Waals surface area contributed by atoms with Gasteiger partial charge in [-0.3, -0.25) is 4.98 Å². The number of rotatable bonds is 3. The Labute approximate surface area is 105 Å². The number of pyridine rings is 1. The minimum absolute atomic E-state index is 0.317. The SMILES string of the molecule is CN(Cc1ccccn1)c1cc(F)cc(C#N)c1. The predicted molar refractivity (Wildman–Crippen MR) is 67.5 cm³/mol. The Morgan fingerprint density at radius 1 is 1.33 bits per heavy atom. The van der Waals surface area contributed by atoms with E-state index in [1.807, 2.05) is 36.2 Å². The fraction of sp³-hybridized carbons (Fsp3) is 0.143. The summed E-state index contributed by atoms with van der Waals surface area (Å²) in [5.74, 6) is -0.406. The van der Waals surface area contributed by atoms with E-state index in [9.17, 15) is 4.39 Å². The van der Waals surface area contributed by atoms with Crippen LogP contribution in [0.1, 0.15) is 11.3 Å². The maximum Gasteiger partial charge on any atom is 0.126 e. The molecule has 18 heavy (non-hydrogen) atoms. The highest BCUT2D eigenvalue weighted by molar-refractivity contribution is 5.51. The quantitative estimate of drug-likeness (QED) is 0.829. The van der Waals surface area contributed by atoms with Crippen molar-refractivity contribution < 1.29 is 4.39 Å². The Hall–Kier alpha value is -2.41. The van der Waals surface area contributed by atoms with Crippen molar-refractivity contribution in [2.24, 2.45) is 0 Å². The number of aromatic nitrogens is 1. The molecule has 90 valence electrons. The van der Waals surface area contributed by atoms with Gasteiger partial charge in [0, 0.05) is 18.9 Å². The fourth-order valence-electron chi connectivity index (χ4n) is 1.69. The van der Waals surface area contributed by atoms with Crippen molar-refractivity contribution in [2.45, 2.75) is 6.54 Å². The van der Waals surface area contributed by atoms with Gasteiger partial charge in [-0.1, -0.05) is 6.07 Å². The minimum atomic E-state index is -0.406. The van der Waals surface area contributed by atoms with Gasteiger partial charge in [0.25, 0.3) is 0 Å². The van der Waals surface area contributed by atoms with Crippen LogP contribution < -0.4 is 4.90 Å². The zero-order valence-corrected chi connectivity index (χ0v) is 9.97. The van der Waals surface area contributed by atoms with E-state index in [1.165, 1.54) is 12.1 Å². The van der Waals surface area contributed by atoms with Gasteiger partial charge in [-0.25, -0.2) is 4.39 Å². The maximum absolute atomic E-state index is 13.3. The van der Waals surface area contributed by atoms with Crippen LogP contribution in [0, 0.1) is 17.1 Å². The zero-order valence-electron chi connectivity index (χ0n) is 9.97. The number of benzene rings is 1. The van der Waals surface area contributed by atoms with Crippen LogP contribution in [0.4, 0.5) is 10.1 Å². The third kappa shape index (κ3) is 2.83. The molecule has 0 N–H and O–H groups in total. The molecule has 0 spiro atoms. The molecule has 0 bridgehead atoms. The summed E-state index contributed by atoms with van der Waals surface area (Å²) in [5.41, 5.74) is 1.87. The molecular weight excluding hydrogens is 229 g/mol. The summed E-state index contributed by atoms with van der Waals surface area (Å²) in [6, 6.07) is 11.9. The Kier molecular flexibility index (Phi) is 3.54. The van der Waals surface area contributed by atoms with Gasteiger partial charge < -0.3 is 4.90 Å². The van der Waals surface area contributed by atoms with Gasteiger partial charge in [-0.05, 0) is 30.3 Å². The molecule has 1 aromatic heterocycles. The first-order valence-corrected chi connectivity index (χ1v) is 5.51. The molecule has 0 aliphatic heterocycles. The predicted octanol–water partition coefficient (Wildman–Crippen LogP) is 2.73. The van der Waals surface area contributed by atoms with Crippen LogP contribution in [0.15, 0.2) is 42.6 Å². The van der Waals surface area contributed by atoms with Gasteiger partial charge >= 0.3 is 0 Å². The van der Waals surface area contributed by atoms with Gasteiger partial charge in [-0.15, -0.1) is 0 Å². The number of nitrogens with zero attached hydrogens (tertiary/aromatic N) is 3. The van der Waals surface area contributed by atoms with Crippen molar-refractivity contribution in [1.82, 2.24) is 4.98 Å². The Bertz CT molecular complexity index is 575. The van der Waals surface area contributed by atoms with E-state index in [2.05, 4.69) is 4.98 Å². The van der Waals surface area contributed by atoms with E-state index in [4.69, 9.17) is 5.26 Å². The molecule has 0 aliphatic carbocycles. The van der Waals surface area contributed by atoms with Crippen LogP contribution in [-0.2, 0) is 6.54 Å². The second kappa shape index (κ2) is 5.28. The van der Waals surface area contributed by atoms with Crippen LogP contribution in [0.2, 0.25) is 0 Å². The highest BCUT2D eigenvalue weighted by atomic mass is 19.1. The number of halogens is 1. The molecule has 3 nitrogen and oxygen atoms in total. The Morgan fingerprint density at radius 3 is 2.83 bits per heavy atom. The van der Waals surface area contributed by atoms with E-state index >= 15 is 0 Å². The summed E-state index contributed by atoms with van der Waals surface area (Å²) in [4.78, 5) is 6.06. The highest BCUT2D eigenvalue weighted by Gasteiger charge is 2.06. The number of hydrogen-bond acceptors (Lipinski definition) is 3. The van der Waals surface area contributed by atoms with E-state index in [-0.39, 0.29) is 0 Å². The lowest BCUT2D eigenvalue weighted by atomic mass is 10.2. The summed E-state index contributed by atoms with van der Waals surface area (Å²) in [6.07, 6.45) is 1.72. The first-order valence-electron chi connectivity index (χ1n) is 5.51. The van der Waals surface area contributed by atoms with Crippen molar-refractivity contribution in [3.8, 4) is 6.07 Å². The van der Waals surface area contributed by atoms with Crippen LogP contribution in [0.25, 0.3) is 0 Å². The minimum Gasteiger partial charge on any atom is -0.369 e. The summed E-state index contributed by atoms with van der Waals surface area (Å²) < 4.78 is 13.3. The molecule has 2 aromatic rings. The standard InChI is InChI=1S/C14H12FN3/c1-18(10-13-4-2-3-5-17-13)14-7-11(9-16)6-12(15)8-14/h2-8H,10H2,1H3. The molecule has 4 heteroatoms. The number of anilines is 1. The first-order chi connectivity index (χ1) is 8.69. The molecule has 1 heterocycles. The molecule has 0 unspecified atom stereocenters. The molecular formula is C14H12FN3. The number of nitriles is 1. The summed E-state index contributed by atoms with van der Waals surface area (Å²) in [5, 5.41) is 8.81. The van der Waals surface area contributed by atoms with Gasteiger partial charge in [-0.2, -0.15) is 5.26 Å². The van der Waals surface area contributed by atoms with E-state index in [0.717, 1.165) is 5.69 Å². The Morgan fingerprint density at radius 2 is 2.17 bits per heavy atom. The normalized spacial score (nSPS) is 9.83. The van der Waals surface area contributed by atoms with Crippen molar-refractivity contribution in [1.29, 1.82) is 5.26 Å². The summed E-state index contributed by atoms with van der Waals surface area (Å²) in [6.45, 7) is 0.565. The molecule has 0 saturated carbocycles. The van der Waals surface area contributed by atoms with Gasteiger partial charge in [0.2, 0.25) is 0 Å². The summed E-state index contributed by atoms with van der Waals surface area (Å²) >= 11 is 0. The monoisotopic (exact) mass is 241 g/mol. The third-order valence-corrected chi connectivity index (χ3v) is 2.58. The highest BCUT2D eigenvalue weighted by Crippen LogP contribution is 2.18. The smallest absolute Gasteiger partial charge is 0.126 e. The molecule has 1 aromatic carbocycles. The molecule has 0 aliphatic rings. The second-order valence-electron chi connectivity index (χ2n) is 3.99. The average molecular weight is 241 g/mol. The molecule has 2 rings (SSSR count). The van der Waals surface area contributed by atoms with Crippen molar-refractivity contribution in [3.63, 3.8) is 0 Å². The fourth-order valence-corrected chi connectivity index (χ4v) is 1.69. The third-order valence-electron chi connectivity index (χ3n) is 2.58. The van der Waals surface area contributed by atoms with E-state index in [1.54, 1.807) is 12.3 Å². The lowest BCUT2D eigenvalue weighted by Crippen LogP contribution is -2.17. The lowest BCUT2D eigenvalue weighted by molar-refractivity contribution is 0.626. The zero-order chi connectivity index (χ0) is 13.0. The second-order valence-corrected chi connectivity index (χ2v) is 3.99. The molecule has 0 amide bonds. The average Bonchev–Trinajstić information content (AvgIpc) is 2.39. The topological polar surface area (TPSA) is 39.9 Å². The van der Waals surface area contributed by atoms with Crippen LogP contribution in [-0.4, -0.2) is 12.0 Å². The van der Waals surface area contributed by atoms with Crippen LogP contribution in [0.5, 0.6) is 0 Å². The van der Waals surface area contributed by atoms with Crippen LogP contribution >= 0.6 is 0 Å². The molecule has 0 radical (unpaired) electrons. The van der Waals surface area contributed by atoms with Crippen molar-refractivity contribution in [2.75, 3.05) is 11.9 Å². The van der Waals surface area contributed by atoms with Crippen molar-refractivity contribution >= 4 is 5.69 Å². The Balaban J connectivity index is 2.21. The summed E-state index contributed by atoms with van der Waals surface area (Å²) in [7, 11) is 1.84. The number of hydrogen-bond donors (Lipinski definition) is 0. The first kappa shape index (κ1) is 12.1. The van der Waals surface area contributed by atoms with Gasteiger partial charge in [0.1, 0.15) is 5.82 Å². The van der Waals surface area contributed by atoms with E-state index in [0.29, 0.717) is 17.8 Å². The molecule has 0 fully saturated rings. The molecule has 0 saturated heterocycles. The van der Waals surface area contributed by atoms with E-state index < -0.39 is 5.82 Å². The molecule has 0 atom stereocenters.